The molecule has 0 aliphatic carbocycles. The normalized spacial score (nSPS) is 20.5. The van der Waals surface area contributed by atoms with Gasteiger partial charge in [-0.2, -0.15) is 5.10 Å². The molecule has 3 rings (SSSR count). The molecule has 10 heteroatoms. The SMILES string of the molecule is Cc1[nH]nc(C(=O)N2CC[C@@H](O)[C@](CCCc3ccccc3)(C(=O)O)C2)c1Cl.O=CO. The van der Waals surface area contributed by atoms with Gasteiger partial charge in [-0.05, 0) is 38.2 Å². The van der Waals surface area contributed by atoms with Gasteiger partial charge in [0.15, 0.2) is 5.69 Å². The van der Waals surface area contributed by atoms with E-state index >= 15 is 0 Å². The average Bonchev–Trinajstić information content (AvgIpc) is 3.08. The molecule has 1 aliphatic heterocycles. The number of aromatic amines is 1. The topological polar surface area (TPSA) is 144 Å². The van der Waals surface area contributed by atoms with Gasteiger partial charge in [0.2, 0.25) is 0 Å². The van der Waals surface area contributed by atoms with Crippen molar-refractivity contribution in [1.82, 2.24) is 15.1 Å². The lowest BCUT2D eigenvalue weighted by atomic mass is 9.73. The summed E-state index contributed by atoms with van der Waals surface area (Å²) in [5.74, 6) is -1.51. The van der Waals surface area contributed by atoms with Crippen LogP contribution in [0.2, 0.25) is 5.02 Å². The van der Waals surface area contributed by atoms with E-state index < -0.39 is 23.4 Å². The molecule has 0 radical (unpaired) electrons. The highest BCUT2D eigenvalue weighted by Crippen LogP contribution is 2.37. The summed E-state index contributed by atoms with van der Waals surface area (Å²) in [6, 6.07) is 9.78. The number of carbonyl (C=O) groups is 3. The summed E-state index contributed by atoms with van der Waals surface area (Å²) >= 11 is 6.13. The van der Waals surface area contributed by atoms with Crippen molar-refractivity contribution in [3.05, 3.63) is 52.3 Å². The van der Waals surface area contributed by atoms with Crippen LogP contribution in [0.4, 0.5) is 0 Å². The molecule has 1 amide bonds. The fourth-order valence-corrected chi connectivity index (χ4v) is 3.94. The summed E-state index contributed by atoms with van der Waals surface area (Å²) in [5.41, 5.74) is 0.370. The number of rotatable bonds is 6. The molecule has 31 heavy (non-hydrogen) atoms. The predicted octanol–water partition coefficient (Wildman–Crippen LogP) is 2.37. The Labute approximate surface area is 184 Å². The second kappa shape index (κ2) is 10.9. The van der Waals surface area contributed by atoms with Gasteiger partial charge in [-0.1, -0.05) is 41.9 Å². The number of aromatic nitrogens is 2. The Morgan fingerprint density at radius 2 is 2.00 bits per heavy atom. The quantitative estimate of drug-likeness (QED) is 0.493. The van der Waals surface area contributed by atoms with Crippen LogP contribution in [-0.4, -0.2) is 68.0 Å². The lowest BCUT2D eigenvalue weighted by Crippen LogP contribution is -2.57. The first kappa shape index (κ1) is 24.4. The van der Waals surface area contributed by atoms with Crippen molar-refractivity contribution in [1.29, 1.82) is 0 Å². The molecule has 9 nitrogen and oxygen atoms in total. The number of hydrogen-bond acceptors (Lipinski definition) is 5. The summed E-state index contributed by atoms with van der Waals surface area (Å²) in [7, 11) is 0. The van der Waals surface area contributed by atoms with Crippen molar-refractivity contribution in [3.8, 4) is 0 Å². The number of carboxylic acids is 1. The highest BCUT2D eigenvalue weighted by atomic mass is 35.5. The fourth-order valence-electron chi connectivity index (χ4n) is 3.78. The largest absolute Gasteiger partial charge is 0.483 e. The third kappa shape index (κ3) is 5.62. The number of benzene rings is 1. The van der Waals surface area contributed by atoms with E-state index in [2.05, 4.69) is 10.2 Å². The van der Waals surface area contributed by atoms with E-state index in [1.807, 2.05) is 30.3 Å². The molecular weight excluding hydrogens is 426 g/mol. The van der Waals surface area contributed by atoms with Crippen LogP contribution >= 0.6 is 11.6 Å². The summed E-state index contributed by atoms with van der Waals surface area (Å²) in [5, 5.41) is 34.2. The number of piperidine rings is 1. The van der Waals surface area contributed by atoms with Crippen molar-refractivity contribution in [2.24, 2.45) is 5.41 Å². The minimum absolute atomic E-state index is 0.0701. The van der Waals surface area contributed by atoms with Gasteiger partial charge in [-0.3, -0.25) is 19.5 Å². The number of aliphatic hydroxyl groups is 1. The molecule has 1 aliphatic rings. The summed E-state index contributed by atoms with van der Waals surface area (Å²) in [6.45, 7) is 1.65. The second-order valence-corrected chi connectivity index (χ2v) is 7.83. The van der Waals surface area contributed by atoms with Crippen molar-refractivity contribution in [2.45, 2.75) is 38.7 Å². The maximum atomic E-state index is 12.8. The van der Waals surface area contributed by atoms with Gasteiger partial charge in [0.05, 0.1) is 16.8 Å². The smallest absolute Gasteiger partial charge is 0.314 e. The van der Waals surface area contributed by atoms with Gasteiger partial charge < -0.3 is 20.2 Å². The van der Waals surface area contributed by atoms with Gasteiger partial charge in [-0.25, -0.2) is 0 Å². The molecule has 1 aromatic carbocycles. The minimum Gasteiger partial charge on any atom is -0.483 e. The summed E-state index contributed by atoms with van der Waals surface area (Å²) < 4.78 is 0. The highest BCUT2D eigenvalue weighted by molar-refractivity contribution is 6.34. The number of aryl methyl sites for hydroxylation is 2. The number of H-pyrrole nitrogens is 1. The number of nitrogens with zero attached hydrogens (tertiary/aromatic N) is 2. The number of nitrogens with one attached hydrogen (secondary N) is 1. The van der Waals surface area contributed by atoms with Crippen molar-refractivity contribution in [2.75, 3.05) is 13.1 Å². The Morgan fingerprint density at radius 1 is 1.35 bits per heavy atom. The molecule has 0 unspecified atom stereocenters. The number of aliphatic carboxylic acids is 1. The first-order chi connectivity index (χ1) is 14.8. The van der Waals surface area contributed by atoms with Crippen LogP contribution in [0.25, 0.3) is 0 Å². The summed E-state index contributed by atoms with van der Waals surface area (Å²) in [4.78, 5) is 34.8. The molecule has 1 aromatic heterocycles. The second-order valence-electron chi connectivity index (χ2n) is 7.45. The standard InChI is InChI=1S/C20H24ClN3O4.CH2O2/c1-13-16(21)17(23-22-13)18(26)24-11-9-15(25)20(12-24,19(27)28)10-5-8-14-6-3-2-4-7-14;2-1-3/h2-4,6-7,15,25H,5,8-12H2,1H3,(H,22,23)(H,27,28);1H,(H,2,3)/t15-,20-;/m1./s1. The third-order valence-corrected chi connectivity index (χ3v) is 5.97. The average molecular weight is 452 g/mol. The number of hydrogen-bond donors (Lipinski definition) is 4. The molecule has 4 N–H and O–H groups in total. The minimum atomic E-state index is -1.40. The molecule has 0 bridgehead atoms. The van der Waals surface area contributed by atoms with Gasteiger partial charge in [0, 0.05) is 13.1 Å². The van der Waals surface area contributed by atoms with Crippen molar-refractivity contribution >= 4 is 29.9 Å². The Hall–Kier alpha value is -2.91. The van der Waals surface area contributed by atoms with Crippen LogP contribution in [-0.2, 0) is 16.0 Å². The molecule has 1 saturated heterocycles. The first-order valence-corrected chi connectivity index (χ1v) is 10.2. The highest BCUT2D eigenvalue weighted by Gasteiger charge is 2.50. The molecule has 0 spiro atoms. The molecule has 2 aromatic rings. The van der Waals surface area contributed by atoms with E-state index in [1.54, 1.807) is 6.92 Å². The van der Waals surface area contributed by atoms with Crippen LogP contribution in [0.1, 0.15) is 41.0 Å². The zero-order valence-corrected chi connectivity index (χ0v) is 17.9. The van der Waals surface area contributed by atoms with E-state index in [1.165, 1.54) is 4.90 Å². The maximum Gasteiger partial charge on any atom is 0.314 e. The maximum absolute atomic E-state index is 12.8. The predicted molar refractivity (Wildman–Crippen MR) is 113 cm³/mol. The third-order valence-electron chi connectivity index (χ3n) is 5.50. The van der Waals surface area contributed by atoms with Gasteiger partial charge in [-0.15, -0.1) is 0 Å². The number of likely N-dealkylation sites (tertiary alicyclic amines) is 1. The van der Waals surface area contributed by atoms with Crippen LogP contribution in [0.15, 0.2) is 30.3 Å². The number of halogens is 1. The van der Waals surface area contributed by atoms with Crippen molar-refractivity contribution in [3.63, 3.8) is 0 Å². The number of aliphatic hydroxyl groups excluding tert-OH is 1. The van der Waals surface area contributed by atoms with Crippen molar-refractivity contribution < 1.29 is 29.7 Å². The molecule has 2 atom stereocenters. The van der Waals surface area contributed by atoms with Gasteiger partial charge >= 0.3 is 5.97 Å². The Kier molecular flexibility index (Phi) is 8.58. The van der Waals surface area contributed by atoms with E-state index in [4.69, 9.17) is 21.5 Å². The molecule has 1 fully saturated rings. The molecular formula is C21H26ClN3O6. The van der Waals surface area contributed by atoms with E-state index in [9.17, 15) is 19.8 Å². The molecule has 168 valence electrons. The van der Waals surface area contributed by atoms with E-state index in [0.29, 0.717) is 18.5 Å². The lowest BCUT2D eigenvalue weighted by Gasteiger charge is -2.43. The van der Waals surface area contributed by atoms with E-state index in [-0.39, 0.29) is 43.1 Å². The lowest BCUT2D eigenvalue weighted by molar-refractivity contribution is -0.163. The Morgan fingerprint density at radius 3 is 2.55 bits per heavy atom. The molecule has 2 heterocycles. The number of carboxylic acid groups (broad SMARTS) is 2. The van der Waals surface area contributed by atoms with Crippen LogP contribution in [0.5, 0.6) is 0 Å². The number of amides is 1. The fraction of sp³-hybridized carbons (Fsp3) is 0.429. The zero-order valence-electron chi connectivity index (χ0n) is 17.1. The number of carbonyl (C=O) groups excluding carboxylic acids is 1. The first-order valence-electron chi connectivity index (χ1n) is 9.79. The van der Waals surface area contributed by atoms with Crippen LogP contribution in [0, 0.1) is 12.3 Å². The van der Waals surface area contributed by atoms with Crippen LogP contribution < -0.4 is 0 Å². The van der Waals surface area contributed by atoms with Gasteiger partial charge in [0.25, 0.3) is 12.4 Å². The summed E-state index contributed by atoms with van der Waals surface area (Å²) in [6.07, 6.45) is 0.764. The Balaban J connectivity index is 0.00000107. The zero-order chi connectivity index (χ0) is 23.0. The molecule has 0 saturated carbocycles. The van der Waals surface area contributed by atoms with Crippen LogP contribution in [0.3, 0.4) is 0 Å². The van der Waals surface area contributed by atoms with Gasteiger partial charge in [0.1, 0.15) is 5.41 Å². The monoisotopic (exact) mass is 451 g/mol. The Bertz CT molecular complexity index is 904. The van der Waals surface area contributed by atoms with E-state index in [0.717, 1.165) is 5.56 Å².